The first-order chi connectivity index (χ1) is 10.6. The second-order valence-electron chi connectivity index (χ2n) is 4.69. The molecule has 0 aliphatic heterocycles. The fraction of sp³-hybridized carbons (Fsp3) is 0.0667. The van der Waals surface area contributed by atoms with Gasteiger partial charge in [0.1, 0.15) is 23.2 Å². The summed E-state index contributed by atoms with van der Waals surface area (Å²) >= 11 is 0. The lowest BCUT2D eigenvalue weighted by atomic mass is 10.1. The third-order valence-corrected chi connectivity index (χ3v) is 3.28. The molecule has 0 radical (unpaired) electrons. The number of benzene rings is 1. The normalized spacial score (nSPS) is 10.5. The van der Waals surface area contributed by atoms with E-state index in [-0.39, 0.29) is 17.2 Å². The number of hydrogen-bond donors (Lipinski definition) is 0. The van der Waals surface area contributed by atoms with Gasteiger partial charge >= 0.3 is 0 Å². The molecule has 3 aromatic rings. The Bertz CT molecular complexity index is 910. The molecule has 0 saturated heterocycles. The first-order valence-electron chi connectivity index (χ1n) is 6.38. The molecule has 0 atom stereocenters. The average molecular weight is 296 g/mol. The number of halogens is 1. The maximum absolute atomic E-state index is 12.9. The van der Waals surface area contributed by atoms with Crippen LogP contribution in [0.15, 0.2) is 42.6 Å². The molecule has 108 valence electrons. The second-order valence-corrected chi connectivity index (χ2v) is 4.69. The van der Waals surface area contributed by atoms with E-state index in [4.69, 9.17) is 0 Å². The zero-order chi connectivity index (χ0) is 15.7. The number of nitriles is 1. The van der Waals surface area contributed by atoms with Gasteiger partial charge in [0, 0.05) is 12.5 Å². The largest absolute Gasteiger partial charge is 0.286 e. The van der Waals surface area contributed by atoms with Gasteiger partial charge in [-0.1, -0.05) is 12.1 Å². The van der Waals surface area contributed by atoms with Gasteiger partial charge in [0.05, 0.1) is 16.8 Å². The molecule has 6 nitrogen and oxygen atoms in total. The smallest absolute Gasteiger partial charge is 0.284 e. The van der Waals surface area contributed by atoms with Crippen LogP contribution in [0.25, 0.3) is 5.65 Å². The van der Waals surface area contributed by atoms with Crippen molar-refractivity contribution in [3.8, 4) is 6.07 Å². The fourth-order valence-corrected chi connectivity index (χ4v) is 2.23. The number of nitro groups is 1. The summed E-state index contributed by atoms with van der Waals surface area (Å²) in [5.41, 5.74) is 1.88. The van der Waals surface area contributed by atoms with Gasteiger partial charge in [-0.25, -0.2) is 9.37 Å². The van der Waals surface area contributed by atoms with Crippen LogP contribution in [0.2, 0.25) is 0 Å². The van der Waals surface area contributed by atoms with Crippen molar-refractivity contribution in [2.45, 2.75) is 6.42 Å². The van der Waals surface area contributed by atoms with Crippen LogP contribution in [0.3, 0.4) is 0 Å². The molecule has 1 aromatic carbocycles. The second kappa shape index (κ2) is 5.26. The molecular formula is C15H9FN4O2. The number of rotatable bonds is 3. The van der Waals surface area contributed by atoms with Gasteiger partial charge in [0.2, 0.25) is 0 Å². The molecule has 7 heteroatoms. The van der Waals surface area contributed by atoms with Gasteiger partial charge in [0.25, 0.3) is 5.69 Å². The first kappa shape index (κ1) is 13.7. The van der Waals surface area contributed by atoms with E-state index in [9.17, 15) is 19.8 Å². The number of imidazole rings is 1. The summed E-state index contributed by atoms with van der Waals surface area (Å²) in [6.07, 6.45) is 1.62. The number of nitrogens with zero attached hydrogens (tertiary/aromatic N) is 4. The van der Waals surface area contributed by atoms with Crippen LogP contribution in [0.1, 0.15) is 17.0 Å². The molecule has 0 bridgehead atoms. The topological polar surface area (TPSA) is 84.2 Å². The maximum Gasteiger partial charge on any atom is 0.286 e. The fourth-order valence-electron chi connectivity index (χ4n) is 2.23. The molecule has 0 aliphatic carbocycles. The Balaban J connectivity index is 2.08. The predicted octanol–water partition coefficient (Wildman–Crippen LogP) is 2.84. The minimum atomic E-state index is -0.528. The van der Waals surface area contributed by atoms with E-state index in [1.165, 1.54) is 34.9 Å². The van der Waals surface area contributed by atoms with Crippen LogP contribution in [-0.2, 0) is 6.42 Å². The number of aromatic nitrogens is 2. The summed E-state index contributed by atoms with van der Waals surface area (Å²) in [5.74, 6) is -0.338. The van der Waals surface area contributed by atoms with Gasteiger partial charge in [-0.2, -0.15) is 5.26 Å². The standard InChI is InChI=1S/C15H9FN4O2/c16-11-3-1-10(2-4-11)7-13-14(8-17)19-9-12(20(21)22)5-6-15(19)18-13/h1-6,9H,7H2. The van der Waals surface area contributed by atoms with Crippen LogP contribution >= 0.6 is 0 Å². The lowest BCUT2D eigenvalue weighted by Crippen LogP contribution is -1.95. The van der Waals surface area contributed by atoms with Crippen molar-refractivity contribution in [1.82, 2.24) is 9.38 Å². The molecule has 0 amide bonds. The SMILES string of the molecule is N#Cc1c(Cc2ccc(F)cc2)nc2ccc([N+](=O)[O-])cn12. The summed E-state index contributed by atoms with van der Waals surface area (Å²) in [7, 11) is 0. The van der Waals surface area contributed by atoms with E-state index >= 15 is 0 Å². The molecule has 0 spiro atoms. The van der Waals surface area contributed by atoms with E-state index in [1.54, 1.807) is 12.1 Å². The molecule has 22 heavy (non-hydrogen) atoms. The van der Waals surface area contributed by atoms with Gasteiger partial charge in [-0.15, -0.1) is 0 Å². The Morgan fingerprint density at radius 2 is 2.00 bits per heavy atom. The third-order valence-electron chi connectivity index (χ3n) is 3.28. The van der Waals surface area contributed by atoms with Crippen LogP contribution in [0.4, 0.5) is 10.1 Å². The lowest BCUT2D eigenvalue weighted by Gasteiger charge is -1.99. The summed E-state index contributed by atoms with van der Waals surface area (Å²) < 4.78 is 14.3. The van der Waals surface area contributed by atoms with E-state index in [1.807, 2.05) is 6.07 Å². The van der Waals surface area contributed by atoms with Crippen molar-refractivity contribution in [2.75, 3.05) is 0 Å². The molecular weight excluding hydrogens is 287 g/mol. The first-order valence-corrected chi connectivity index (χ1v) is 6.38. The van der Waals surface area contributed by atoms with Gasteiger partial charge < -0.3 is 0 Å². The highest BCUT2D eigenvalue weighted by Gasteiger charge is 2.15. The Kier molecular flexibility index (Phi) is 3.27. The van der Waals surface area contributed by atoms with E-state index in [0.29, 0.717) is 17.8 Å². The summed E-state index contributed by atoms with van der Waals surface area (Å²) in [6, 6.07) is 10.8. The zero-order valence-corrected chi connectivity index (χ0v) is 11.2. The maximum atomic E-state index is 12.9. The van der Waals surface area contributed by atoms with Gasteiger partial charge in [-0.3, -0.25) is 14.5 Å². The van der Waals surface area contributed by atoms with Crippen LogP contribution in [0.5, 0.6) is 0 Å². The highest BCUT2D eigenvalue weighted by molar-refractivity contribution is 5.51. The summed E-state index contributed by atoms with van der Waals surface area (Å²) in [5, 5.41) is 20.1. The Morgan fingerprint density at radius 3 is 2.64 bits per heavy atom. The summed E-state index contributed by atoms with van der Waals surface area (Å²) in [6.45, 7) is 0. The number of pyridine rings is 1. The quantitative estimate of drug-likeness (QED) is 0.549. The summed E-state index contributed by atoms with van der Waals surface area (Å²) in [4.78, 5) is 14.6. The van der Waals surface area contributed by atoms with E-state index in [2.05, 4.69) is 4.98 Å². The Morgan fingerprint density at radius 1 is 1.27 bits per heavy atom. The minimum Gasteiger partial charge on any atom is -0.284 e. The van der Waals surface area contributed by atoms with Crippen molar-refractivity contribution in [2.24, 2.45) is 0 Å². The monoisotopic (exact) mass is 296 g/mol. The van der Waals surface area contributed by atoms with Crippen molar-refractivity contribution in [1.29, 1.82) is 5.26 Å². The Labute approximate surface area is 124 Å². The highest BCUT2D eigenvalue weighted by atomic mass is 19.1. The van der Waals surface area contributed by atoms with Crippen molar-refractivity contribution in [3.63, 3.8) is 0 Å². The number of hydrogen-bond acceptors (Lipinski definition) is 4. The molecule has 0 fully saturated rings. The Hall–Kier alpha value is -3.27. The van der Waals surface area contributed by atoms with Gasteiger partial charge in [-0.05, 0) is 23.8 Å². The molecule has 2 heterocycles. The third kappa shape index (κ3) is 2.38. The van der Waals surface area contributed by atoms with E-state index < -0.39 is 4.92 Å². The van der Waals surface area contributed by atoms with Crippen LogP contribution in [-0.4, -0.2) is 14.3 Å². The lowest BCUT2D eigenvalue weighted by molar-refractivity contribution is -0.385. The highest BCUT2D eigenvalue weighted by Crippen LogP contribution is 2.19. The van der Waals surface area contributed by atoms with Crippen LogP contribution in [0, 0.1) is 27.3 Å². The van der Waals surface area contributed by atoms with E-state index in [0.717, 1.165) is 5.56 Å². The van der Waals surface area contributed by atoms with Crippen LogP contribution < -0.4 is 0 Å². The van der Waals surface area contributed by atoms with Crippen molar-refractivity contribution < 1.29 is 9.31 Å². The number of fused-ring (bicyclic) bond motifs is 1. The molecule has 0 saturated carbocycles. The molecule has 0 N–H and O–H groups in total. The zero-order valence-electron chi connectivity index (χ0n) is 11.2. The molecule has 3 rings (SSSR count). The van der Waals surface area contributed by atoms with Crippen molar-refractivity contribution in [3.05, 3.63) is 75.5 Å². The molecule has 0 aliphatic rings. The average Bonchev–Trinajstić information content (AvgIpc) is 2.85. The molecule has 0 unspecified atom stereocenters. The predicted molar refractivity (Wildman–Crippen MR) is 75.8 cm³/mol. The van der Waals surface area contributed by atoms with Crippen molar-refractivity contribution >= 4 is 11.3 Å². The molecule has 2 aromatic heterocycles. The minimum absolute atomic E-state index is 0.116. The van der Waals surface area contributed by atoms with Gasteiger partial charge in [0.15, 0.2) is 0 Å².